The minimum atomic E-state index is 0.530. The third-order valence-electron chi connectivity index (χ3n) is 3.71. The molecule has 4 nitrogen and oxygen atoms in total. The number of aromatic nitrogens is 2. The van der Waals surface area contributed by atoms with E-state index in [9.17, 15) is 0 Å². The molecule has 1 aromatic rings. The van der Waals surface area contributed by atoms with Gasteiger partial charge in [-0.3, -0.25) is 0 Å². The third-order valence-corrected chi connectivity index (χ3v) is 3.71. The number of rotatable bonds is 4. The van der Waals surface area contributed by atoms with Crippen LogP contribution in [0, 0.1) is 5.92 Å². The Bertz CT molecular complexity index is 391. The summed E-state index contributed by atoms with van der Waals surface area (Å²) in [7, 11) is 0. The topological polar surface area (TPSA) is 63.8 Å². The molecule has 2 unspecified atom stereocenters. The van der Waals surface area contributed by atoms with E-state index in [1.54, 1.807) is 0 Å². The van der Waals surface area contributed by atoms with Gasteiger partial charge in [0.25, 0.3) is 0 Å². The van der Waals surface area contributed by atoms with Crippen LogP contribution in [0.5, 0.6) is 0 Å². The summed E-state index contributed by atoms with van der Waals surface area (Å²) in [6.45, 7) is 4.44. The highest BCUT2D eigenvalue weighted by atomic mass is 15.1. The molecule has 18 heavy (non-hydrogen) atoms. The normalized spacial score (nSPS) is 23.9. The quantitative estimate of drug-likeness (QED) is 0.859. The summed E-state index contributed by atoms with van der Waals surface area (Å²) >= 11 is 0. The van der Waals surface area contributed by atoms with Crippen molar-refractivity contribution in [2.45, 2.75) is 58.4 Å². The van der Waals surface area contributed by atoms with Gasteiger partial charge in [0.15, 0.2) is 0 Å². The second-order valence-corrected chi connectivity index (χ2v) is 5.36. The zero-order valence-corrected chi connectivity index (χ0v) is 11.4. The molecular formula is C14H24N4. The largest absolute Gasteiger partial charge is 0.384 e. The number of nitrogen functional groups attached to an aromatic ring is 1. The molecule has 100 valence electrons. The number of aryl methyl sites for hydroxylation is 1. The Morgan fingerprint density at radius 3 is 2.83 bits per heavy atom. The molecule has 2 atom stereocenters. The smallest absolute Gasteiger partial charge is 0.133 e. The summed E-state index contributed by atoms with van der Waals surface area (Å²) < 4.78 is 0. The van der Waals surface area contributed by atoms with Crippen molar-refractivity contribution in [1.29, 1.82) is 0 Å². The molecule has 0 spiro atoms. The van der Waals surface area contributed by atoms with Crippen LogP contribution in [0.1, 0.15) is 51.8 Å². The fraction of sp³-hybridized carbons (Fsp3) is 0.714. The number of nitrogens with zero attached hydrogens (tertiary/aromatic N) is 2. The molecule has 0 saturated heterocycles. The first-order valence-corrected chi connectivity index (χ1v) is 7.09. The maximum Gasteiger partial charge on any atom is 0.133 e. The van der Waals surface area contributed by atoms with Gasteiger partial charge in [-0.15, -0.1) is 0 Å². The molecule has 1 fully saturated rings. The third kappa shape index (κ3) is 3.34. The van der Waals surface area contributed by atoms with Crippen molar-refractivity contribution in [3.63, 3.8) is 0 Å². The number of nitrogens with one attached hydrogen (secondary N) is 1. The Morgan fingerprint density at radius 2 is 2.11 bits per heavy atom. The van der Waals surface area contributed by atoms with E-state index in [1.807, 2.05) is 6.07 Å². The van der Waals surface area contributed by atoms with Crippen LogP contribution in [0.25, 0.3) is 0 Å². The lowest BCUT2D eigenvalue weighted by Crippen LogP contribution is -2.30. The summed E-state index contributed by atoms with van der Waals surface area (Å²) in [5.41, 5.74) is 5.84. The van der Waals surface area contributed by atoms with Crippen molar-refractivity contribution < 1.29 is 0 Å². The van der Waals surface area contributed by atoms with Gasteiger partial charge in [-0.2, -0.15) is 0 Å². The van der Waals surface area contributed by atoms with Crippen molar-refractivity contribution in [3.05, 3.63) is 11.9 Å². The van der Waals surface area contributed by atoms with Gasteiger partial charge in [0.2, 0.25) is 0 Å². The molecule has 0 amide bonds. The van der Waals surface area contributed by atoms with Gasteiger partial charge >= 0.3 is 0 Å². The van der Waals surface area contributed by atoms with Crippen LogP contribution < -0.4 is 11.1 Å². The maximum absolute atomic E-state index is 5.84. The van der Waals surface area contributed by atoms with Crippen LogP contribution in [-0.2, 0) is 6.42 Å². The molecule has 1 aliphatic carbocycles. The van der Waals surface area contributed by atoms with Gasteiger partial charge in [-0.05, 0) is 25.2 Å². The fourth-order valence-electron chi connectivity index (χ4n) is 2.65. The zero-order chi connectivity index (χ0) is 13.0. The Morgan fingerprint density at radius 1 is 1.33 bits per heavy atom. The SMILES string of the molecule is CCCc1nc(N)cc(NC2CCCCC2C)n1. The average Bonchev–Trinajstić information content (AvgIpc) is 2.32. The van der Waals surface area contributed by atoms with Gasteiger partial charge in [-0.1, -0.05) is 26.7 Å². The Kier molecular flexibility index (Phi) is 4.39. The summed E-state index contributed by atoms with van der Waals surface area (Å²) in [6.07, 6.45) is 7.13. The molecule has 1 aromatic heterocycles. The standard InChI is InChI=1S/C14H24N4/c1-3-6-13-17-12(15)9-14(18-13)16-11-8-5-4-7-10(11)2/h9-11H,3-8H2,1-2H3,(H3,15,16,17,18). The minimum absolute atomic E-state index is 0.530. The Hall–Kier alpha value is -1.32. The van der Waals surface area contributed by atoms with Crippen LogP contribution in [0.2, 0.25) is 0 Å². The second kappa shape index (κ2) is 6.03. The molecule has 1 heterocycles. The van der Waals surface area contributed by atoms with Crippen molar-refractivity contribution >= 4 is 11.6 Å². The maximum atomic E-state index is 5.84. The van der Waals surface area contributed by atoms with Crippen LogP contribution in [0.4, 0.5) is 11.6 Å². The highest BCUT2D eigenvalue weighted by molar-refractivity contribution is 5.45. The van der Waals surface area contributed by atoms with Crippen molar-refractivity contribution in [3.8, 4) is 0 Å². The minimum Gasteiger partial charge on any atom is -0.384 e. The second-order valence-electron chi connectivity index (χ2n) is 5.36. The molecule has 3 N–H and O–H groups in total. The predicted molar refractivity (Wildman–Crippen MR) is 75.5 cm³/mol. The number of hydrogen-bond acceptors (Lipinski definition) is 4. The number of anilines is 2. The van der Waals surface area contributed by atoms with E-state index in [4.69, 9.17) is 5.73 Å². The van der Waals surface area contributed by atoms with E-state index in [1.165, 1.54) is 25.7 Å². The lowest BCUT2D eigenvalue weighted by atomic mass is 9.86. The first-order chi connectivity index (χ1) is 8.69. The monoisotopic (exact) mass is 248 g/mol. The molecule has 4 heteroatoms. The molecule has 0 bridgehead atoms. The first-order valence-electron chi connectivity index (χ1n) is 7.09. The first kappa shape index (κ1) is 13.1. The molecule has 2 rings (SSSR count). The predicted octanol–water partition coefficient (Wildman–Crippen LogP) is 3.00. The molecule has 1 aliphatic rings. The molecular weight excluding hydrogens is 224 g/mol. The van der Waals surface area contributed by atoms with E-state index >= 15 is 0 Å². The number of hydrogen-bond donors (Lipinski definition) is 2. The number of nitrogens with two attached hydrogens (primary N) is 1. The summed E-state index contributed by atoms with van der Waals surface area (Å²) in [5.74, 6) is 3.03. The highest BCUT2D eigenvalue weighted by Crippen LogP contribution is 2.26. The van der Waals surface area contributed by atoms with E-state index in [-0.39, 0.29) is 0 Å². The molecule has 0 aliphatic heterocycles. The Balaban J connectivity index is 2.07. The van der Waals surface area contributed by atoms with Crippen LogP contribution in [-0.4, -0.2) is 16.0 Å². The summed E-state index contributed by atoms with van der Waals surface area (Å²) in [5, 5.41) is 3.54. The van der Waals surface area contributed by atoms with Crippen LogP contribution in [0.3, 0.4) is 0 Å². The van der Waals surface area contributed by atoms with E-state index in [0.717, 1.165) is 24.5 Å². The summed E-state index contributed by atoms with van der Waals surface area (Å²) in [6, 6.07) is 2.38. The van der Waals surface area contributed by atoms with Gasteiger partial charge < -0.3 is 11.1 Å². The Labute approximate surface area is 109 Å². The lowest BCUT2D eigenvalue weighted by Gasteiger charge is -2.30. The molecule has 0 radical (unpaired) electrons. The van der Waals surface area contributed by atoms with E-state index in [2.05, 4.69) is 29.1 Å². The van der Waals surface area contributed by atoms with E-state index in [0.29, 0.717) is 17.8 Å². The van der Waals surface area contributed by atoms with Gasteiger partial charge in [-0.25, -0.2) is 9.97 Å². The average molecular weight is 248 g/mol. The van der Waals surface area contributed by atoms with Crippen LogP contribution in [0.15, 0.2) is 6.07 Å². The molecule has 1 saturated carbocycles. The van der Waals surface area contributed by atoms with Gasteiger partial charge in [0.1, 0.15) is 17.5 Å². The zero-order valence-electron chi connectivity index (χ0n) is 11.4. The van der Waals surface area contributed by atoms with E-state index < -0.39 is 0 Å². The lowest BCUT2D eigenvalue weighted by molar-refractivity contribution is 0.349. The van der Waals surface area contributed by atoms with Gasteiger partial charge in [0, 0.05) is 18.5 Å². The van der Waals surface area contributed by atoms with Gasteiger partial charge in [0.05, 0.1) is 0 Å². The summed E-state index contributed by atoms with van der Waals surface area (Å²) in [4.78, 5) is 8.81. The van der Waals surface area contributed by atoms with Crippen molar-refractivity contribution in [2.24, 2.45) is 5.92 Å². The van der Waals surface area contributed by atoms with Crippen molar-refractivity contribution in [2.75, 3.05) is 11.1 Å². The molecule has 0 aromatic carbocycles. The van der Waals surface area contributed by atoms with Crippen molar-refractivity contribution in [1.82, 2.24) is 9.97 Å². The highest BCUT2D eigenvalue weighted by Gasteiger charge is 2.21. The fourth-order valence-corrected chi connectivity index (χ4v) is 2.65. The van der Waals surface area contributed by atoms with Crippen LogP contribution >= 0.6 is 0 Å².